The van der Waals surface area contributed by atoms with Gasteiger partial charge in [-0.1, -0.05) is 48.0 Å². The van der Waals surface area contributed by atoms with Crippen molar-refractivity contribution < 1.29 is 0 Å². The third kappa shape index (κ3) is 2.34. The van der Waals surface area contributed by atoms with Gasteiger partial charge < -0.3 is 0 Å². The minimum absolute atomic E-state index is 0.477. The predicted octanol–water partition coefficient (Wildman–Crippen LogP) is 4.75. The van der Waals surface area contributed by atoms with Gasteiger partial charge in [0.1, 0.15) is 0 Å². The lowest BCUT2D eigenvalue weighted by Gasteiger charge is -2.07. The Hall–Kier alpha value is -0.980. The highest BCUT2D eigenvalue weighted by Crippen LogP contribution is 2.27. The van der Waals surface area contributed by atoms with Crippen LogP contribution in [-0.4, -0.2) is 0 Å². The van der Waals surface area contributed by atoms with Crippen LogP contribution in [0.25, 0.3) is 11.1 Å². The summed E-state index contributed by atoms with van der Waals surface area (Å²) in [7, 11) is 0. The number of benzene rings is 2. The fourth-order valence-electron chi connectivity index (χ4n) is 1.57. The number of rotatable bonds is 2. The Labute approximate surface area is 99.5 Å². The van der Waals surface area contributed by atoms with E-state index in [1.165, 1.54) is 5.56 Å². The van der Waals surface area contributed by atoms with E-state index >= 15 is 0 Å². The van der Waals surface area contributed by atoms with Crippen LogP contribution in [0.5, 0.6) is 0 Å². The minimum atomic E-state index is 0.477. The van der Waals surface area contributed by atoms with Gasteiger partial charge in [0.05, 0.1) is 0 Å². The van der Waals surface area contributed by atoms with Crippen molar-refractivity contribution in [2.75, 3.05) is 0 Å². The molecule has 0 aliphatic heterocycles. The summed E-state index contributed by atoms with van der Waals surface area (Å²) in [5.74, 6) is 0.477. The van der Waals surface area contributed by atoms with E-state index in [4.69, 9.17) is 23.2 Å². The molecule has 0 aliphatic rings. The summed E-state index contributed by atoms with van der Waals surface area (Å²) in [5.41, 5.74) is 3.38. The molecule has 0 saturated heterocycles. The van der Waals surface area contributed by atoms with Crippen LogP contribution >= 0.6 is 23.2 Å². The summed E-state index contributed by atoms with van der Waals surface area (Å²) in [5, 5.41) is 0.727. The van der Waals surface area contributed by atoms with E-state index in [1.54, 1.807) is 0 Å². The molecule has 0 aromatic heterocycles. The van der Waals surface area contributed by atoms with E-state index in [0.717, 1.165) is 16.1 Å². The molecule has 0 spiro atoms. The molecule has 2 aromatic rings. The van der Waals surface area contributed by atoms with Gasteiger partial charge in [0.15, 0.2) is 0 Å². The second-order valence-corrected chi connectivity index (χ2v) is 4.00. The second kappa shape index (κ2) is 4.69. The molecule has 2 heteroatoms. The first kappa shape index (κ1) is 10.5. The maximum atomic E-state index is 5.92. The maximum absolute atomic E-state index is 5.92. The average Bonchev–Trinajstić information content (AvgIpc) is 2.30. The molecule has 0 nitrogen and oxygen atoms in total. The Morgan fingerprint density at radius 3 is 2.33 bits per heavy atom. The van der Waals surface area contributed by atoms with Crippen molar-refractivity contribution in [3.8, 4) is 11.1 Å². The molecule has 0 bridgehead atoms. The van der Waals surface area contributed by atoms with Crippen molar-refractivity contribution in [2.24, 2.45) is 0 Å². The van der Waals surface area contributed by atoms with Crippen LogP contribution in [0.15, 0.2) is 48.5 Å². The molecule has 76 valence electrons. The van der Waals surface area contributed by atoms with Gasteiger partial charge in [0.25, 0.3) is 0 Å². The zero-order valence-electron chi connectivity index (χ0n) is 8.08. The zero-order valence-corrected chi connectivity index (χ0v) is 9.59. The van der Waals surface area contributed by atoms with Gasteiger partial charge in [-0.25, -0.2) is 0 Å². The fourth-order valence-corrected chi connectivity index (χ4v) is 1.99. The molecule has 0 heterocycles. The number of halogens is 2. The Morgan fingerprint density at radius 2 is 1.67 bits per heavy atom. The molecule has 0 atom stereocenters. The topological polar surface area (TPSA) is 0 Å². The lowest BCUT2D eigenvalue weighted by Crippen LogP contribution is -1.85. The Kier molecular flexibility index (Phi) is 3.30. The monoisotopic (exact) mass is 236 g/mol. The van der Waals surface area contributed by atoms with Gasteiger partial charge in [0, 0.05) is 10.9 Å². The van der Waals surface area contributed by atoms with Crippen molar-refractivity contribution in [1.82, 2.24) is 0 Å². The van der Waals surface area contributed by atoms with E-state index in [2.05, 4.69) is 12.1 Å². The van der Waals surface area contributed by atoms with Crippen LogP contribution in [0.2, 0.25) is 5.02 Å². The van der Waals surface area contributed by atoms with E-state index in [0.29, 0.717) is 5.88 Å². The average molecular weight is 237 g/mol. The predicted molar refractivity (Wildman–Crippen MR) is 66.4 cm³/mol. The Morgan fingerprint density at radius 1 is 0.933 bits per heavy atom. The van der Waals surface area contributed by atoms with Gasteiger partial charge in [0.2, 0.25) is 0 Å². The van der Waals surface area contributed by atoms with E-state index in [1.807, 2.05) is 36.4 Å². The van der Waals surface area contributed by atoms with Crippen LogP contribution in [-0.2, 0) is 5.88 Å². The molecule has 0 saturated carbocycles. The van der Waals surface area contributed by atoms with E-state index in [9.17, 15) is 0 Å². The van der Waals surface area contributed by atoms with Gasteiger partial charge in [-0.15, -0.1) is 11.6 Å². The highest BCUT2D eigenvalue weighted by Gasteiger charge is 2.04. The van der Waals surface area contributed by atoms with Crippen LogP contribution in [0.4, 0.5) is 0 Å². The fraction of sp³-hybridized carbons (Fsp3) is 0.0769. The standard InChI is InChI=1S/C13H10Cl2/c14-9-11-8-12(15)6-7-13(11)10-4-2-1-3-5-10/h1-8H,9H2. The molecular weight excluding hydrogens is 227 g/mol. The Balaban J connectivity index is 2.53. The molecule has 0 amide bonds. The van der Waals surface area contributed by atoms with Gasteiger partial charge in [-0.05, 0) is 28.8 Å². The number of hydrogen-bond acceptors (Lipinski definition) is 0. The van der Waals surface area contributed by atoms with Crippen LogP contribution in [0.1, 0.15) is 5.56 Å². The largest absolute Gasteiger partial charge is 0.122 e. The SMILES string of the molecule is ClCc1cc(Cl)ccc1-c1ccccc1. The van der Waals surface area contributed by atoms with Crippen molar-refractivity contribution >= 4 is 23.2 Å². The second-order valence-electron chi connectivity index (χ2n) is 3.30. The van der Waals surface area contributed by atoms with Gasteiger partial charge >= 0.3 is 0 Å². The summed E-state index contributed by atoms with van der Waals surface area (Å²) in [6.45, 7) is 0. The molecule has 0 radical (unpaired) electrons. The van der Waals surface area contributed by atoms with E-state index in [-0.39, 0.29) is 0 Å². The maximum Gasteiger partial charge on any atom is 0.0480 e. The van der Waals surface area contributed by atoms with Crippen molar-refractivity contribution in [3.63, 3.8) is 0 Å². The lowest BCUT2D eigenvalue weighted by molar-refractivity contribution is 1.40. The summed E-state index contributed by atoms with van der Waals surface area (Å²) < 4.78 is 0. The van der Waals surface area contributed by atoms with Crippen LogP contribution in [0, 0.1) is 0 Å². The number of alkyl halides is 1. The third-order valence-corrected chi connectivity index (χ3v) is 2.82. The smallest absolute Gasteiger partial charge is 0.0480 e. The number of hydrogen-bond donors (Lipinski definition) is 0. The van der Waals surface area contributed by atoms with Crippen LogP contribution < -0.4 is 0 Å². The quantitative estimate of drug-likeness (QED) is 0.661. The van der Waals surface area contributed by atoms with Crippen molar-refractivity contribution in [2.45, 2.75) is 5.88 Å². The minimum Gasteiger partial charge on any atom is -0.122 e. The molecule has 2 rings (SSSR count). The molecular formula is C13H10Cl2. The molecule has 0 N–H and O–H groups in total. The third-order valence-electron chi connectivity index (χ3n) is 2.30. The summed E-state index contributed by atoms with van der Waals surface area (Å²) in [6.07, 6.45) is 0. The van der Waals surface area contributed by atoms with Gasteiger partial charge in [-0.3, -0.25) is 0 Å². The van der Waals surface area contributed by atoms with Crippen LogP contribution in [0.3, 0.4) is 0 Å². The first-order valence-corrected chi connectivity index (χ1v) is 5.62. The van der Waals surface area contributed by atoms with Gasteiger partial charge in [-0.2, -0.15) is 0 Å². The first-order chi connectivity index (χ1) is 7.31. The normalized spacial score (nSPS) is 10.3. The highest BCUT2D eigenvalue weighted by molar-refractivity contribution is 6.30. The first-order valence-electron chi connectivity index (χ1n) is 4.71. The highest BCUT2D eigenvalue weighted by atomic mass is 35.5. The molecule has 15 heavy (non-hydrogen) atoms. The van der Waals surface area contributed by atoms with E-state index < -0.39 is 0 Å². The Bertz CT molecular complexity index is 449. The zero-order chi connectivity index (χ0) is 10.7. The molecule has 0 aliphatic carbocycles. The summed E-state index contributed by atoms with van der Waals surface area (Å²) >= 11 is 11.8. The summed E-state index contributed by atoms with van der Waals surface area (Å²) in [6, 6.07) is 16.0. The molecule has 2 aromatic carbocycles. The molecule has 0 fully saturated rings. The molecule has 0 unspecified atom stereocenters. The summed E-state index contributed by atoms with van der Waals surface area (Å²) in [4.78, 5) is 0. The van der Waals surface area contributed by atoms with Crippen molar-refractivity contribution in [3.05, 3.63) is 59.1 Å². The lowest BCUT2D eigenvalue weighted by atomic mass is 10.0. The van der Waals surface area contributed by atoms with Crippen molar-refractivity contribution in [1.29, 1.82) is 0 Å².